The van der Waals surface area contributed by atoms with E-state index in [0.717, 1.165) is 27.8 Å². The summed E-state index contributed by atoms with van der Waals surface area (Å²) in [7, 11) is 0. The Morgan fingerprint density at radius 2 is 1.72 bits per heavy atom. The molecule has 1 amide bonds. The highest BCUT2D eigenvalue weighted by Crippen LogP contribution is 2.28. The van der Waals surface area contributed by atoms with E-state index in [0.29, 0.717) is 12.3 Å². The van der Waals surface area contributed by atoms with Gasteiger partial charge in [0.1, 0.15) is 5.75 Å². The van der Waals surface area contributed by atoms with Gasteiger partial charge in [0.2, 0.25) is 5.91 Å². The summed E-state index contributed by atoms with van der Waals surface area (Å²) in [5, 5.41) is 19.0. The van der Waals surface area contributed by atoms with Gasteiger partial charge in [-0.15, -0.1) is 11.3 Å². The van der Waals surface area contributed by atoms with Crippen LogP contribution < -0.4 is 20.5 Å². The standard InChI is InChI=1S/C21H21N3O4S/c1-2-28-17-9-7-16(8-10-17)23-21-24-18(13-29-21)14-3-5-15(6-4-14)22-19(25)11-12-20(26)27/h3-10,13H,2,11-12H2,1H3,(H,22,25)(H,23,24)(H,26,27)/p-1. The Labute approximate surface area is 172 Å². The first-order chi connectivity index (χ1) is 14.0. The molecule has 0 aliphatic carbocycles. The number of benzene rings is 2. The van der Waals surface area contributed by atoms with Crippen LogP contribution in [0.2, 0.25) is 0 Å². The Balaban J connectivity index is 1.59. The van der Waals surface area contributed by atoms with Crippen molar-refractivity contribution < 1.29 is 19.4 Å². The average Bonchev–Trinajstić information content (AvgIpc) is 3.17. The summed E-state index contributed by atoms with van der Waals surface area (Å²) >= 11 is 1.49. The van der Waals surface area contributed by atoms with Gasteiger partial charge in [-0.3, -0.25) is 4.79 Å². The molecule has 0 unspecified atom stereocenters. The highest BCUT2D eigenvalue weighted by atomic mass is 32.1. The van der Waals surface area contributed by atoms with E-state index in [1.165, 1.54) is 11.3 Å². The second-order valence-electron chi connectivity index (χ2n) is 6.12. The predicted octanol–water partition coefficient (Wildman–Crippen LogP) is 3.42. The lowest BCUT2D eigenvalue weighted by Crippen LogP contribution is -2.24. The van der Waals surface area contributed by atoms with Crippen molar-refractivity contribution in [3.05, 3.63) is 53.9 Å². The molecular weight excluding hydrogens is 390 g/mol. The van der Waals surface area contributed by atoms with Crippen LogP contribution in [0.15, 0.2) is 53.9 Å². The second kappa shape index (κ2) is 9.70. The lowest BCUT2D eigenvalue weighted by molar-refractivity contribution is -0.305. The minimum absolute atomic E-state index is 0.114. The lowest BCUT2D eigenvalue weighted by Gasteiger charge is -2.06. The van der Waals surface area contributed by atoms with Crippen molar-refractivity contribution in [3.63, 3.8) is 0 Å². The molecular formula is C21H20N3O4S-. The van der Waals surface area contributed by atoms with Crippen LogP contribution in [0, 0.1) is 0 Å². The van der Waals surface area contributed by atoms with Gasteiger partial charge >= 0.3 is 0 Å². The highest BCUT2D eigenvalue weighted by molar-refractivity contribution is 7.14. The number of anilines is 3. The summed E-state index contributed by atoms with van der Waals surface area (Å²) in [6, 6.07) is 14.9. The highest BCUT2D eigenvalue weighted by Gasteiger charge is 2.07. The number of nitrogens with zero attached hydrogens (tertiary/aromatic N) is 1. The molecule has 3 rings (SSSR count). The van der Waals surface area contributed by atoms with Gasteiger partial charge < -0.3 is 25.3 Å². The van der Waals surface area contributed by atoms with Gasteiger partial charge in [0.05, 0.1) is 12.3 Å². The molecule has 150 valence electrons. The second-order valence-corrected chi connectivity index (χ2v) is 6.98. The SMILES string of the molecule is CCOc1ccc(Nc2nc(-c3ccc(NC(=O)CCC(=O)[O-])cc3)cs2)cc1. The zero-order chi connectivity index (χ0) is 20.6. The maximum absolute atomic E-state index is 11.7. The number of nitrogens with one attached hydrogen (secondary N) is 2. The van der Waals surface area contributed by atoms with E-state index in [-0.39, 0.29) is 18.7 Å². The fraction of sp³-hybridized carbons (Fsp3) is 0.190. The van der Waals surface area contributed by atoms with Crippen LogP contribution in [-0.4, -0.2) is 23.5 Å². The molecule has 0 fully saturated rings. The average molecular weight is 410 g/mol. The number of hydrogen-bond acceptors (Lipinski definition) is 7. The Morgan fingerprint density at radius 3 is 2.38 bits per heavy atom. The first-order valence-corrected chi connectivity index (χ1v) is 9.97. The van der Waals surface area contributed by atoms with E-state index in [4.69, 9.17) is 4.74 Å². The van der Waals surface area contributed by atoms with Crippen molar-refractivity contribution in [2.45, 2.75) is 19.8 Å². The normalized spacial score (nSPS) is 10.4. The summed E-state index contributed by atoms with van der Waals surface area (Å²) in [4.78, 5) is 26.7. The van der Waals surface area contributed by atoms with E-state index < -0.39 is 5.97 Å². The van der Waals surface area contributed by atoms with Gasteiger partial charge in [-0.1, -0.05) is 12.1 Å². The number of carbonyl (C=O) groups is 2. The molecule has 0 atom stereocenters. The number of carboxylic acids is 1. The van der Waals surface area contributed by atoms with Crippen LogP contribution in [0.5, 0.6) is 5.75 Å². The monoisotopic (exact) mass is 410 g/mol. The Kier molecular flexibility index (Phi) is 6.80. The Bertz CT molecular complexity index is 968. The van der Waals surface area contributed by atoms with Crippen LogP contribution in [-0.2, 0) is 9.59 Å². The summed E-state index contributed by atoms with van der Waals surface area (Å²) in [6.07, 6.45) is -0.413. The number of carbonyl (C=O) groups excluding carboxylic acids is 2. The molecule has 2 aromatic carbocycles. The Morgan fingerprint density at radius 1 is 1.03 bits per heavy atom. The molecule has 29 heavy (non-hydrogen) atoms. The molecule has 8 heteroatoms. The minimum Gasteiger partial charge on any atom is -0.550 e. The molecule has 0 radical (unpaired) electrons. The number of aromatic nitrogens is 1. The zero-order valence-corrected chi connectivity index (χ0v) is 16.6. The van der Waals surface area contributed by atoms with Gasteiger partial charge in [-0.05, 0) is 49.7 Å². The molecule has 0 aliphatic rings. The van der Waals surface area contributed by atoms with Crippen molar-refractivity contribution in [1.82, 2.24) is 4.98 Å². The minimum atomic E-state index is -1.24. The smallest absolute Gasteiger partial charge is 0.224 e. The zero-order valence-electron chi connectivity index (χ0n) is 15.8. The van der Waals surface area contributed by atoms with Crippen LogP contribution >= 0.6 is 11.3 Å². The van der Waals surface area contributed by atoms with Crippen molar-refractivity contribution >= 4 is 39.7 Å². The van der Waals surface area contributed by atoms with Gasteiger partial charge in [0.25, 0.3) is 0 Å². The molecule has 0 spiro atoms. The number of aliphatic carboxylic acids is 1. The largest absolute Gasteiger partial charge is 0.550 e. The first-order valence-electron chi connectivity index (χ1n) is 9.09. The van der Waals surface area contributed by atoms with Gasteiger partial charge in [-0.25, -0.2) is 4.98 Å². The molecule has 1 aromatic heterocycles. The number of ether oxygens (including phenoxy) is 1. The van der Waals surface area contributed by atoms with Crippen LogP contribution in [0.4, 0.5) is 16.5 Å². The van der Waals surface area contributed by atoms with E-state index in [1.807, 2.05) is 48.7 Å². The van der Waals surface area contributed by atoms with Crippen LogP contribution in [0.1, 0.15) is 19.8 Å². The van der Waals surface area contributed by atoms with E-state index >= 15 is 0 Å². The quantitative estimate of drug-likeness (QED) is 0.560. The van der Waals surface area contributed by atoms with E-state index in [2.05, 4.69) is 15.6 Å². The van der Waals surface area contributed by atoms with Gasteiger partial charge in [0.15, 0.2) is 5.13 Å². The third kappa shape index (κ3) is 6.05. The van der Waals surface area contributed by atoms with Crippen LogP contribution in [0.25, 0.3) is 11.3 Å². The first kappa shape index (κ1) is 20.3. The number of carboxylic acid groups (broad SMARTS) is 1. The van der Waals surface area contributed by atoms with Crippen molar-refractivity contribution in [2.24, 2.45) is 0 Å². The third-order valence-electron chi connectivity index (χ3n) is 3.94. The third-order valence-corrected chi connectivity index (χ3v) is 4.70. The Hall–Kier alpha value is -3.39. The fourth-order valence-corrected chi connectivity index (χ4v) is 3.29. The fourth-order valence-electron chi connectivity index (χ4n) is 2.55. The van der Waals surface area contributed by atoms with E-state index in [9.17, 15) is 14.7 Å². The summed E-state index contributed by atoms with van der Waals surface area (Å²) in [6.45, 7) is 2.58. The molecule has 1 heterocycles. The number of rotatable bonds is 9. The summed E-state index contributed by atoms with van der Waals surface area (Å²) in [5.41, 5.74) is 3.25. The predicted molar refractivity (Wildman–Crippen MR) is 111 cm³/mol. The molecule has 0 saturated carbocycles. The topological polar surface area (TPSA) is 103 Å². The molecule has 0 aliphatic heterocycles. The number of amides is 1. The number of thiazole rings is 1. The van der Waals surface area contributed by atoms with Crippen molar-refractivity contribution in [3.8, 4) is 17.0 Å². The van der Waals surface area contributed by atoms with Crippen molar-refractivity contribution in [2.75, 3.05) is 17.2 Å². The molecule has 7 nitrogen and oxygen atoms in total. The van der Waals surface area contributed by atoms with Crippen molar-refractivity contribution in [1.29, 1.82) is 0 Å². The summed E-state index contributed by atoms with van der Waals surface area (Å²) in [5.74, 6) is -0.782. The van der Waals surface area contributed by atoms with Gasteiger partial charge in [0, 0.05) is 34.7 Å². The number of hydrogen-bond donors (Lipinski definition) is 2. The maximum atomic E-state index is 11.7. The van der Waals surface area contributed by atoms with E-state index in [1.54, 1.807) is 12.1 Å². The molecule has 3 aromatic rings. The summed E-state index contributed by atoms with van der Waals surface area (Å²) < 4.78 is 5.43. The lowest BCUT2D eigenvalue weighted by atomic mass is 10.1. The molecule has 2 N–H and O–H groups in total. The molecule has 0 bridgehead atoms. The van der Waals surface area contributed by atoms with Crippen LogP contribution in [0.3, 0.4) is 0 Å². The maximum Gasteiger partial charge on any atom is 0.224 e. The molecule has 0 saturated heterocycles. The van der Waals surface area contributed by atoms with Gasteiger partial charge in [-0.2, -0.15) is 0 Å².